The van der Waals surface area contributed by atoms with Gasteiger partial charge >= 0.3 is 0 Å². The Hall–Kier alpha value is -1.42. The number of hydrogen-bond acceptors (Lipinski definition) is 4. The van der Waals surface area contributed by atoms with Crippen LogP contribution in [0.4, 0.5) is 0 Å². The first-order valence-electron chi connectivity index (χ1n) is 10.4. The van der Waals surface area contributed by atoms with E-state index in [-0.39, 0.29) is 29.3 Å². The Bertz CT molecular complexity index is 720. The Morgan fingerprint density at radius 2 is 1.96 bits per heavy atom. The van der Waals surface area contributed by atoms with Crippen LogP contribution in [0.15, 0.2) is 23.5 Å². The second-order valence-electron chi connectivity index (χ2n) is 9.58. The van der Waals surface area contributed by atoms with Crippen LogP contribution in [0, 0.1) is 34.5 Å². The Kier molecular flexibility index (Phi) is 4.61. The van der Waals surface area contributed by atoms with E-state index in [1.807, 2.05) is 6.08 Å². The van der Waals surface area contributed by atoms with Crippen LogP contribution in [0.25, 0.3) is 0 Å². The normalized spacial score (nSPS) is 43.2. The number of hydrogen-bond donors (Lipinski definition) is 0. The average molecular weight is 373 g/mol. The summed E-state index contributed by atoms with van der Waals surface area (Å²) in [4.78, 5) is 24.7. The van der Waals surface area contributed by atoms with Crippen molar-refractivity contribution in [3.05, 3.63) is 23.5 Å². The Morgan fingerprint density at radius 1 is 1.19 bits per heavy atom. The summed E-state index contributed by atoms with van der Waals surface area (Å²) in [5, 5.41) is 0. The molecule has 4 aliphatic rings. The summed E-state index contributed by atoms with van der Waals surface area (Å²) in [6.07, 6.45) is 10.5. The maximum Gasteiger partial charge on any atom is 0.220 e. The van der Waals surface area contributed by atoms with E-state index >= 15 is 0 Å². The van der Waals surface area contributed by atoms with Crippen molar-refractivity contribution in [2.45, 2.75) is 59.3 Å². The predicted molar refractivity (Wildman–Crippen MR) is 103 cm³/mol. The number of methoxy groups -OCH3 is 1. The van der Waals surface area contributed by atoms with Crippen molar-refractivity contribution in [2.75, 3.05) is 13.9 Å². The molecular weight excluding hydrogens is 340 g/mol. The van der Waals surface area contributed by atoms with Gasteiger partial charge in [-0.25, -0.2) is 0 Å². The molecule has 0 saturated heterocycles. The molecular formula is C23H32O4. The lowest BCUT2D eigenvalue weighted by molar-refractivity contribution is -0.127. The van der Waals surface area contributed by atoms with Crippen molar-refractivity contribution in [3.8, 4) is 0 Å². The molecule has 4 nitrogen and oxygen atoms in total. The van der Waals surface area contributed by atoms with Crippen molar-refractivity contribution in [1.29, 1.82) is 0 Å². The third-order valence-electron chi connectivity index (χ3n) is 8.45. The van der Waals surface area contributed by atoms with Crippen LogP contribution in [-0.2, 0) is 19.1 Å². The SMILES string of the molecule is COCOC1=C[C@@]2(C)C(=CC1=O)CC[C@H]1[C@@H]3CC[C@H](C(C)=O)[C@@]3(C)CC[C@@H]12. The van der Waals surface area contributed by atoms with Crippen molar-refractivity contribution in [1.82, 2.24) is 0 Å². The van der Waals surface area contributed by atoms with Crippen LogP contribution < -0.4 is 0 Å². The van der Waals surface area contributed by atoms with Crippen LogP contribution in [0.1, 0.15) is 59.3 Å². The fraction of sp³-hybridized carbons (Fsp3) is 0.739. The quantitative estimate of drug-likeness (QED) is 0.684. The number of allylic oxidation sites excluding steroid dienone is 3. The molecule has 4 rings (SSSR count). The second kappa shape index (κ2) is 6.58. The molecule has 0 unspecified atom stereocenters. The Morgan fingerprint density at radius 3 is 2.67 bits per heavy atom. The third kappa shape index (κ3) is 2.74. The van der Waals surface area contributed by atoms with E-state index in [4.69, 9.17) is 9.47 Å². The molecule has 0 aromatic rings. The smallest absolute Gasteiger partial charge is 0.220 e. The van der Waals surface area contributed by atoms with Crippen LogP contribution in [0.2, 0.25) is 0 Å². The molecule has 0 amide bonds. The number of ketones is 2. The summed E-state index contributed by atoms with van der Waals surface area (Å²) >= 11 is 0. The number of fused-ring (bicyclic) bond motifs is 5. The first-order valence-corrected chi connectivity index (χ1v) is 10.4. The molecule has 0 spiro atoms. The topological polar surface area (TPSA) is 52.6 Å². The highest BCUT2D eigenvalue weighted by Crippen LogP contribution is 2.66. The second-order valence-corrected chi connectivity index (χ2v) is 9.58. The lowest BCUT2D eigenvalue weighted by atomic mass is 9.47. The van der Waals surface area contributed by atoms with Gasteiger partial charge in [0, 0.05) is 18.4 Å². The fourth-order valence-corrected chi connectivity index (χ4v) is 7.17. The zero-order chi connectivity index (χ0) is 19.4. The van der Waals surface area contributed by atoms with E-state index in [9.17, 15) is 9.59 Å². The van der Waals surface area contributed by atoms with Gasteiger partial charge in [0.15, 0.2) is 12.6 Å². The summed E-state index contributed by atoms with van der Waals surface area (Å²) in [7, 11) is 1.57. The van der Waals surface area contributed by atoms with Gasteiger partial charge in [-0.15, -0.1) is 0 Å². The molecule has 0 aromatic carbocycles. The highest BCUT2D eigenvalue weighted by molar-refractivity contribution is 6.04. The van der Waals surface area contributed by atoms with E-state index in [2.05, 4.69) is 19.9 Å². The molecule has 0 aliphatic heterocycles. The van der Waals surface area contributed by atoms with Crippen molar-refractivity contribution < 1.29 is 19.1 Å². The monoisotopic (exact) mass is 372 g/mol. The minimum absolute atomic E-state index is 0.0314. The summed E-state index contributed by atoms with van der Waals surface area (Å²) < 4.78 is 10.6. The number of carbonyl (C=O) groups is 2. The maximum absolute atomic E-state index is 12.4. The predicted octanol–water partition coefficient (Wildman–Crippen LogP) is 4.45. The van der Waals surface area contributed by atoms with Crippen LogP contribution in [-0.4, -0.2) is 25.5 Å². The van der Waals surface area contributed by atoms with Gasteiger partial charge in [0.1, 0.15) is 5.78 Å². The third-order valence-corrected chi connectivity index (χ3v) is 8.45. The van der Waals surface area contributed by atoms with Crippen molar-refractivity contribution in [2.24, 2.45) is 34.5 Å². The molecule has 0 aromatic heterocycles. The molecule has 4 heteroatoms. The van der Waals surface area contributed by atoms with E-state index in [0.717, 1.165) is 32.1 Å². The summed E-state index contributed by atoms with van der Waals surface area (Å²) in [5.74, 6) is 2.79. The van der Waals surface area contributed by atoms with E-state index in [1.165, 1.54) is 12.0 Å². The number of Topliss-reactive ketones (excluding diaryl/α,β-unsaturated/α-hetero) is 1. The number of carbonyl (C=O) groups excluding carboxylic acids is 2. The van der Waals surface area contributed by atoms with Gasteiger partial charge in [0.05, 0.1) is 0 Å². The van der Waals surface area contributed by atoms with Gasteiger partial charge in [-0.1, -0.05) is 19.4 Å². The van der Waals surface area contributed by atoms with E-state index < -0.39 is 0 Å². The molecule has 4 aliphatic carbocycles. The maximum atomic E-state index is 12.4. The Labute approximate surface area is 162 Å². The lowest BCUT2D eigenvalue weighted by Crippen LogP contribution is -2.50. The minimum atomic E-state index is -0.116. The van der Waals surface area contributed by atoms with Gasteiger partial charge in [-0.2, -0.15) is 0 Å². The standard InChI is InChI=1S/C23H32O4/c1-14(24)17-7-8-18-16-6-5-15-11-20(25)21(27-13-26-4)12-23(15,3)19(16)9-10-22(17,18)2/h11-12,16-19H,5-10,13H2,1-4H3/t16-,17+,18-,19-,22+,23-/m0/s1. The van der Waals surface area contributed by atoms with E-state index in [1.54, 1.807) is 14.0 Å². The summed E-state index contributed by atoms with van der Waals surface area (Å²) in [6.45, 7) is 6.54. The number of rotatable bonds is 4. The van der Waals surface area contributed by atoms with Gasteiger partial charge in [-0.05, 0) is 80.8 Å². The molecule has 0 N–H and O–H groups in total. The first-order chi connectivity index (χ1) is 12.8. The van der Waals surface area contributed by atoms with Crippen LogP contribution in [0.3, 0.4) is 0 Å². The van der Waals surface area contributed by atoms with Gasteiger partial charge in [0.25, 0.3) is 0 Å². The van der Waals surface area contributed by atoms with Crippen LogP contribution >= 0.6 is 0 Å². The molecule has 0 bridgehead atoms. The van der Waals surface area contributed by atoms with E-state index in [0.29, 0.717) is 29.3 Å². The lowest BCUT2D eigenvalue weighted by Gasteiger charge is -2.57. The van der Waals surface area contributed by atoms with Gasteiger partial charge < -0.3 is 9.47 Å². The van der Waals surface area contributed by atoms with Gasteiger partial charge in [0.2, 0.25) is 5.78 Å². The summed E-state index contributed by atoms with van der Waals surface area (Å²) in [5.41, 5.74) is 1.31. The molecule has 3 fully saturated rings. The average Bonchev–Trinajstić information content (AvgIpc) is 2.98. The van der Waals surface area contributed by atoms with Gasteiger partial charge in [-0.3, -0.25) is 9.59 Å². The molecule has 27 heavy (non-hydrogen) atoms. The minimum Gasteiger partial charge on any atom is -0.464 e. The Balaban J connectivity index is 1.65. The number of ether oxygens (including phenoxy) is 2. The largest absolute Gasteiger partial charge is 0.464 e. The molecule has 3 saturated carbocycles. The fourth-order valence-electron chi connectivity index (χ4n) is 7.17. The van der Waals surface area contributed by atoms with Crippen molar-refractivity contribution >= 4 is 11.6 Å². The van der Waals surface area contributed by atoms with Crippen LogP contribution in [0.5, 0.6) is 0 Å². The molecule has 0 radical (unpaired) electrons. The molecule has 148 valence electrons. The molecule has 6 atom stereocenters. The zero-order valence-electron chi connectivity index (χ0n) is 17.0. The first kappa shape index (κ1) is 18.9. The van der Waals surface area contributed by atoms with Crippen molar-refractivity contribution in [3.63, 3.8) is 0 Å². The highest BCUT2D eigenvalue weighted by Gasteiger charge is 2.59. The summed E-state index contributed by atoms with van der Waals surface area (Å²) in [6, 6.07) is 0. The molecule has 0 heterocycles. The highest BCUT2D eigenvalue weighted by atomic mass is 16.7. The zero-order valence-corrected chi connectivity index (χ0v) is 17.0.